The van der Waals surface area contributed by atoms with E-state index >= 15 is 0 Å². The number of hydrogen-bond acceptors (Lipinski definition) is 5. The molecule has 0 unspecified atom stereocenters. The van der Waals surface area contributed by atoms with Crippen molar-refractivity contribution in [1.29, 1.82) is 0 Å². The molecule has 2 rings (SSSR count). The molecule has 0 aliphatic rings. The zero-order chi connectivity index (χ0) is 14.5. The predicted molar refractivity (Wildman–Crippen MR) is 75.3 cm³/mol. The van der Waals surface area contributed by atoms with E-state index in [4.69, 9.17) is 4.42 Å². The van der Waals surface area contributed by atoms with Gasteiger partial charge >= 0.3 is 6.01 Å². The van der Waals surface area contributed by atoms with Crippen molar-refractivity contribution in [3.05, 3.63) is 35.5 Å². The molecule has 0 saturated heterocycles. The molecule has 20 heavy (non-hydrogen) atoms. The highest BCUT2D eigenvalue weighted by atomic mass is 19.1. The maximum absolute atomic E-state index is 13.4. The van der Waals surface area contributed by atoms with Crippen LogP contribution in [-0.4, -0.2) is 16.7 Å². The van der Waals surface area contributed by atoms with Crippen LogP contribution in [0.3, 0.4) is 0 Å². The number of hydrogen-bond donors (Lipinski definition) is 2. The first-order valence-electron chi connectivity index (χ1n) is 6.61. The van der Waals surface area contributed by atoms with Crippen LogP contribution in [0.25, 0.3) is 0 Å². The molecule has 1 aromatic carbocycles. The first-order valence-corrected chi connectivity index (χ1v) is 6.61. The second-order valence-corrected chi connectivity index (χ2v) is 5.06. The number of halogens is 1. The van der Waals surface area contributed by atoms with Gasteiger partial charge in [0.05, 0.1) is 6.54 Å². The molecule has 0 atom stereocenters. The third kappa shape index (κ3) is 3.77. The quantitative estimate of drug-likeness (QED) is 0.850. The van der Waals surface area contributed by atoms with Gasteiger partial charge in [-0.05, 0) is 31.5 Å². The van der Waals surface area contributed by atoms with Crippen molar-refractivity contribution in [3.63, 3.8) is 0 Å². The van der Waals surface area contributed by atoms with Crippen molar-refractivity contribution in [2.24, 2.45) is 5.92 Å². The molecular weight excluding hydrogens is 259 g/mol. The Balaban J connectivity index is 1.97. The number of nitrogens with zero attached hydrogens (tertiary/aromatic N) is 2. The van der Waals surface area contributed by atoms with Gasteiger partial charge < -0.3 is 15.1 Å². The predicted octanol–water partition coefficient (Wildman–Crippen LogP) is 3.01. The molecule has 5 nitrogen and oxygen atoms in total. The van der Waals surface area contributed by atoms with Crippen LogP contribution in [0.15, 0.2) is 22.6 Å². The Hall–Kier alpha value is -1.95. The summed E-state index contributed by atoms with van der Waals surface area (Å²) in [6.07, 6.45) is 0. The van der Waals surface area contributed by atoms with Crippen molar-refractivity contribution < 1.29 is 8.81 Å². The van der Waals surface area contributed by atoms with Crippen LogP contribution in [0.4, 0.5) is 16.1 Å². The molecule has 0 bridgehead atoms. The summed E-state index contributed by atoms with van der Waals surface area (Å²) >= 11 is 0. The van der Waals surface area contributed by atoms with Crippen LogP contribution in [-0.2, 0) is 6.54 Å². The molecule has 1 aromatic heterocycles. The van der Waals surface area contributed by atoms with Crippen molar-refractivity contribution in [2.45, 2.75) is 27.3 Å². The molecule has 1 heterocycles. The summed E-state index contributed by atoms with van der Waals surface area (Å²) in [5.74, 6) is 0.793. The molecule has 0 aliphatic carbocycles. The fraction of sp³-hybridized carbons (Fsp3) is 0.429. The van der Waals surface area contributed by atoms with Gasteiger partial charge in [-0.1, -0.05) is 25.0 Å². The summed E-state index contributed by atoms with van der Waals surface area (Å²) in [5, 5.41) is 14.0. The van der Waals surface area contributed by atoms with Crippen LogP contribution in [0.5, 0.6) is 0 Å². The van der Waals surface area contributed by atoms with Crippen molar-refractivity contribution in [1.82, 2.24) is 15.5 Å². The average Bonchev–Trinajstić information content (AvgIpc) is 2.82. The number of anilines is 2. The smallest absolute Gasteiger partial charge is 0.320 e. The minimum absolute atomic E-state index is 0.264. The van der Waals surface area contributed by atoms with Crippen molar-refractivity contribution in [2.75, 3.05) is 11.9 Å². The third-order valence-corrected chi connectivity index (χ3v) is 2.80. The van der Waals surface area contributed by atoms with Gasteiger partial charge in [0.1, 0.15) is 5.82 Å². The molecule has 2 aromatic rings. The van der Waals surface area contributed by atoms with E-state index in [0.717, 1.165) is 6.54 Å². The highest BCUT2D eigenvalue weighted by Gasteiger charge is 2.09. The lowest BCUT2D eigenvalue weighted by atomic mass is 10.2. The Morgan fingerprint density at radius 1 is 1.30 bits per heavy atom. The van der Waals surface area contributed by atoms with Gasteiger partial charge in [0.15, 0.2) is 0 Å². The van der Waals surface area contributed by atoms with Crippen LogP contribution < -0.4 is 10.6 Å². The summed E-state index contributed by atoms with van der Waals surface area (Å²) in [4.78, 5) is 0. The number of nitrogens with one attached hydrogen (secondary N) is 2. The Morgan fingerprint density at radius 2 is 2.10 bits per heavy atom. The Morgan fingerprint density at radius 3 is 2.85 bits per heavy atom. The largest absolute Gasteiger partial charge is 0.406 e. The van der Waals surface area contributed by atoms with E-state index in [-0.39, 0.29) is 11.8 Å². The Kier molecular flexibility index (Phi) is 4.68. The minimum atomic E-state index is -0.270. The van der Waals surface area contributed by atoms with Gasteiger partial charge in [-0.2, -0.15) is 0 Å². The molecular formula is C14H19FN4O. The van der Waals surface area contributed by atoms with Gasteiger partial charge in [0, 0.05) is 11.3 Å². The van der Waals surface area contributed by atoms with Crippen LogP contribution in [0, 0.1) is 18.7 Å². The number of aromatic nitrogens is 2. The van der Waals surface area contributed by atoms with Crippen LogP contribution in [0.2, 0.25) is 0 Å². The zero-order valence-electron chi connectivity index (χ0n) is 11.9. The standard InChI is InChI=1S/C14H19FN4O/c1-9(2)7-16-8-13-18-19-14(20-13)17-12-6-4-5-11(15)10(12)3/h4-6,9,16H,7-8H2,1-3H3,(H,17,19). The van der Waals surface area contributed by atoms with E-state index in [1.54, 1.807) is 19.1 Å². The van der Waals surface area contributed by atoms with Crippen molar-refractivity contribution >= 4 is 11.7 Å². The molecule has 0 spiro atoms. The first kappa shape index (κ1) is 14.5. The number of benzene rings is 1. The summed E-state index contributed by atoms with van der Waals surface area (Å²) in [6, 6.07) is 5.07. The molecule has 108 valence electrons. The van der Waals surface area contributed by atoms with E-state index in [2.05, 4.69) is 34.7 Å². The average molecular weight is 278 g/mol. The molecule has 0 saturated carbocycles. The van der Waals surface area contributed by atoms with Gasteiger partial charge in [0.2, 0.25) is 5.89 Å². The van der Waals surface area contributed by atoms with E-state index in [1.807, 2.05) is 0 Å². The van der Waals surface area contributed by atoms with Gasteiger partial charge in [-0.3, -0.25) is 0 Å². The molecule has 2 N–H and O–H groups in total. The Bertz CT molecular complexity index is 568. The first-order chi connectivity index (χ1) is 9.56. The SMILES string of the molecule is Cc1c(F)cccc1Nc1nnc(CNCC(C)C)o1. The zero-order valence-corrected chi connectivity index (χ0v) is 11.9. The highest BCUT2D eigenvalue weighted by Crippen LogP contribution is 2.21. The summed E-state index contributed by atoms with van der Waals surface area (Å²) < 4.78 is 18.9. The lowest BCUT2D eigenvalue weighted by Crippen LogP contribution is -2.19. The van der Waals surface area contributed by atoms with E-state index < -0.39 is 0 Å². The fourth-order valence-electron chi connectivity index (χ4n) is 1.70. The minimum Gasteiger partial charge on any atom is -0.406 e. The highest BCUT2D eigenvalue weighted by molar-refractivity contribution is 5.57. The van der Waals surface area contributed by atoms with E-state index in [0.29, 0.717) is 29.6 Å². The lowest BCUT2D eigenvalue weighted by Gasteiger charge is -2.06. The molecule has 6 heteroatoms. The van der Waals surface area contributed by atoms with E-state index in [9.17, 15) is 4.39 Å². The Labute approximate surface area is 117 Å². The monoisotopic (exact) mass is 278 g/mol. The summed E-state index contributed by atoms with van der Waals surface area (Å²) in [5.41, 5.74) is 1.14. The number of rotatable bonds is 6. The summed E-state index contributed by atoms with van der Waals surface area (Å²) in [6.45, 7) is 7.35. The van der Waals surface area contributed by atoms with Crippen LogP contribution in [0.1, 0.15) is 25.3 Å². The second-order valence-electron chi connectivity index (χ2n) is 5.06. The maximum atomic E-state index is 13.4. The molecule has 0 fully saturated rings. The molecule has 0 radical (unpaired) electrons. The van der Waals surface area contributed by atoms with Crippen LogP contribution >= 0.6 is 0 Å². The molecule has 0 amide bonds. The second kappa shape index (κ2) is 6.47. The van der Waals surface area contributed by atoms with Gasteiger partial charge in [0.25, 0.3) is 0 Å². The lowest BCUT2D eigenvalue weighted by molar-refractivity contribution is 0.460. The summed E-state index contributed by atoms with van der Waals surface area (Å²) in [7, 11) is 0. The topological polar surface area (TPSA) is 63.0 Å². The van der Waals surface area contributed by atoms with Gasteiger partial charge in [-0.15, -0.1) is 5.10 Å². The van der Waals surface area contributed by atoms with E-state index in [1.165, 1.54) is 6.07 Å². The third-order valence-electron chi connectivity index (χ3n) is 2.80. The molecule has 0 aliphatic heterocycles. The normalized spacial score (nSPS) is 11.1. The van der Waals surface area contributed by atoms with Crippen molar-refractivity contribution in [3.8, 4) is 0 Å². The maximum Gasteiger partial charge on any atom is 0.320 e. The van der Waals surface area contributed by atoms with Gasteiger partial charge in [-0.25, -0.2) is 4.39 Å². The fourth-order valence-corrected chi connectivity index (χ4v) is 1.70.